The summed E-state index contributed by atoms with van der Waals surface area (Å²) in [5.41, 5.74) is 10.1. The number of imidazole rings is 1. The first kappa shape index (κ1) is 11.4. The zero-order valence-corrected chi connectivity index (χ0v) is 11.0. The molecular weight excluding hydrogens is 250 g/mol. The quantitative estimate of drug-likeness (QED) is 0.707. The summed E-state index contributed by atoms with van der Waals surface area (Å²) in [6.45, 7) is 0. The topological polar surface area (TPSA) is 80.5 Å². The molecule has 5 nitrogen and oxygen atoms in total. The second-order valence-corrected chi connectivity index (χ2v) is 5.29. The van der Waals surface area contributed by atoms with Gasteiger partial charge in [0.25, 0.3) is 0 Å². The van der Waals surface area contributed by atoms with Crippen molar-refractivity contribution in [2.24, 2.45) is 0 Å². The molecule has 100 valence electrons. The van der Waals surface area contributed by atoms with Crippen molar-refractivity contribution >= 4 is 17.0 Å². The maximum absolute atomic E-state index is 5.85. The van der Waals surface area contributed by atoms with Crippen molar-refractivity contribution in [1.29, 1.82) is 0 Å². The average Bonchev–Trinajstić information content (AvgIpc) is 2.92. The fourth-order valence-electron chi connectivity index (χ4n) is 2.99. The molecule has 3 N–H and O–H groups in total. The van der Waals surface area contributed by atoms with Crippen molar-refractivity contribution in [2.75, 3.05) is 5.73 Å². The van der Waals surface area contributed by atoms with Gasteiger partial charge < -0.3 is 10.7 Å². The second kappa shape index (κ2) is 4.30. The molecule has 0 amide bonds. The smallest absolute Gasteiger partial charge is 0.183 e. The maximum Gasteiger partial charge on any atom is 0.183 e. The number of aromatic amines is 1. The molecule has 1 aliphatic rings. The van der Waals surface area contributed by atoms with Crippen LogP contribution in [0.3, 0.4) is 0 Å². The van der Waals surface area contributed by atoms with E-state index < -0.39 is 0 Å². The standard InChI is InChI=1S/C15H15N5/c16-13-12-15(18-8-17-13)20-14(19-12)11-6-5-9-3-1-2-4-10(9)7-11/h1-4,8,11H,5-7H2,(H3,16,17,18,19,20). The predicted molar refractivity (Wildman–Crippen MR) is 77.3 cm³/mol. The first-order valence-corrected chi connectivity index (χ1v) is 6.84. The molecule has 0 fully saturated rings. The van der Waals surface area contributed by atoms with Crippen molar-refractivity contribution < 1.29 is 0 Å². The number of nitrogens with two attached hydrogens (primary N) is 1. The summed E-state index contributed by atoms with van der Waals surface area (Å²) >= 11 is 0. The van der Waals surface area contributed by atoms with Crippen LogP contribution in [0.5, 0.6) is 0 Å². The Morgan fingerprint density at radius 1 is 1.15 bits per heavy atom. The molecule has 0 saturated heterocycles. The molecule has 3 aromatic rings. The molecule has 1 atom stereocenters. The van der Waals surface area contributed by atoms with Crippen LogP contribution in [0.15, 0.2) is 30.6 Å². The van der Waals surface area contributed by atoms with Gasteiger partial charge in [0.2, 0.25) is 0 Å². The Hall–Kier alpha value is -2.43. The summed E-state index contributed by atoms with van der Waals surface area (Å²) in [6, 6.07) is 8.63. The fraction of sp³-hybridized carbons (Fsp3) is 0.267. The molecule has 2 aromatic heterocycles. The van der Waals surface area contributed by atoms with E-state index in [2.05, 4.69) is 44.2 Å². The number of hydrogen-bond acceptors (Lipinski definition) is 4. The summed E-state index contributed by atoms with van der Waals surface area (Å²) in [5.74, 6) is 1.84. The van der Waals surface area contributed by atoms with Gasteiger partial charge in [-0.05, 0) is 30.4 Å². The summed E-state index contributed by atoms with van der Waals surface area (Å²) in [6.07, 6.45) is 4.67. The number of nitrogens with one attached hydrogen (secondary N) is 1. The van der Waals surface area contributed by atoms with Crippen molar-refractivity contribution in [3.05, 3.63) is 47.5 Å². The normalized spacial score (nSPS) is 18.1. The highest BCUT2D eigenvalue weighted by molar-refractivity contribution is 5.81. The Morgan fingerprint density at radius 3 is 2.85 bits per heavy atom. The first-order chi connectivity index (χ1) is 9.81. The average molecular weight is 265 g/mol. The Kier molecular flexibility index (Phi) is 2.45. The lowest BCUT2D eigenvalue weighted by Crippen LogP contribution is -2.13. The van der Waals surface area contributed by atoms with E-state index in [0.717, 1.165) is 30.6 Å². The van der Waals surface area contributed by atoms with Crippen LogP contribution in [0.25, 0.3) is 11.2 Å². The third-order valence-electron chi connectivity index (χ3n) is 4.07. The molecule has 0 spiro atoms. The van der Waals surface area contributed by atoms with Gasteiger partial charge in [0, 0.05) is 5.92 Å². The van der Waals surface area contributed by atoms with Gasteiger partial charge in [0.15, 0.2) is 11.5 Å². The molecule has 20 heavy (non-hydrogen) atoms. The minimum absolute atomic E-state index is 0.401. The highest BCUT2D eigenvalue weighted by atomic mass is 15.0. The van der Waals surface area contributed by atoms with Gasteiger partial charge in [-0.3, -0.25) is 0 Å². The Bertz CT molecular complexity index is 777. The monoisotopic (exact) mass is 265 g/mol. The lowest BCUT2D eigenvalue weighted by Gasteiger charge is -2.22. The van der Waals surface area contributed by atoms with Crippen LogP contribution in [-0.4, -0.2) is 19.9 Å². The number of H-pyrrole nitrogens is 1. The van der Waals surface area contributed by atoms with Crippen LogP contribution in [-0.2, 0) is 12.8 Å². The zero-order chi connectivity index (χ0) is 13.5. The third-order valence-corrected chi connectivity index (χ3v) is 4.07. The summed E-state index contributed by atoms with van der Waals surface area (Å²) in [7, 11) is 0. The number of fused-ring (bicyclic) bond motifs is 2. The number of rotatable bonds is 1. The first-order valence-electron chi connectivity index (χ1n) is 6.84. The summed E-state index contributed by atoms with van der Waals surface area (Å²) in [5, 5.41) is 0. The number of anilines is 1. The zero-order valence-electron chi connectivity index (χ0n) is 11.0. The lowest BCUT2D eigenvalue weighted by atomic mass is 9.83. The number of hydrogen-bond donors (Lipinski definition) is 2. The van der Waals surface area contributed by atoms with Gasteiger partial charge in [0.1, 0.15) is 17.7 Å². The number of benzene rings is 1. The molecule has 1 aliphatic carbocycles. The molecule has 0 radical (unpaired) electrons. The Morgan fingerprint density at radius 2 is 2.00 bits per heavy atom. The van der Waals surface area contributed by atoms with Crippen molar-refractivity contribution in [3.63, 3.8) is 0 Å². The molecule has 0 saturated carbocycles. The molecule has 5 heteroatoms. The van der Waals surface area contributed by atoms with Gasteiger partial charge in [-0.1, -0.05) is 24.3 Å². The summed E-state index contributed by atoms with van der Waals surface area (Å²) in [4.78, 5) is 16.1. The van der Waals surface area contributed by atoms with Gasteiger partial charge in [0.05, 0.1) is 0 Å². The molecule has 2 heterocycles. The van der Waals surface area contributed by atoms with Gasteiger partial charge >= 0.3 is 0 Å². The van der Waals surface area contributed by atoms with Crippen molar-refractivity contribution in [1.82, 2.24) is 19.9 Å². The number of nitrogen functional groups attached to an aromatic ring is 1. The van der Waals surface area contributed by atoms with Crippen LogP contribution in [0.4, 0.5) is 5.82 Å². The SMILES string of the molecule is Nc1ncnc2nc(C3CCc4ccccc4C3)[nH]c12. The van der Waals surface area contributed by atoms with E-state index >= 15 is 0 Å². The molecule has 0 aliphatic heterocycles. The van der Waals surface area contributed by atoms with E-state index in [4.69, 9.17) is 5.73 Å². The number of aromatic nitrogens is 4. The third kappa shape index (κ3) is 1.74. The minimum Gasteiger partial charge on any atom is -0.382 e. The van der Waals surface area contributed by atoms with E-state index in [0.29, 0.717) is 17.4 Å². The highest BCUT2D eigenvalue weighted by Gasteiger charge is 2.23. The van der Waals surface area contributed by atoms with Crippen LogP contribution in [0.2, 0.25) is 0 Å². The fourth-order valence-corrected chi connectivity index (χ4v) is 2.99. The van der Waals surface area contributed by atoms with Crippen LogP contribution >= 0.6 is 0 Å². The summed E-state index contributed by atoms with van der Waals surface area (Å²) < 4.78 is 0. The number of aryl methyl sites for hydroxylation is 1. The van der Waals surface area contributed by atoms with Crippen LogP contribution in [0, 0.1) is 0 Å². The highest BCUT2D eigenvalue weighted by Crippen LogP contribution is 2.32. The minimum atomic E-state index is 0.401. The molecule has 1 aromatic carbocycles. The van der Waals surface area contributed by atoms with Crippen molar-refractivity contribution in [3.8, 4) is 0 Å². The Balaban J connectivity index is 1.72. The largest absolute Gasteiger partial charge is 0.382 e. The molecule has 4 rings (SSSR count). The molecule has 1 unspecified atom stereocenters. The van der Waals surface area contributed by atoms with Gasteiger partial charge in [-0.15, -0.1) is 0 Å². The van der Waals surface area contributed by atoms with E-state index in [1.807, 2.05) is 0 Å². The van der Waals surface area contributed by atoms with E-state index in [1.54, 1.807) is 0 Å². The van der Waals surface area contributed by atoms with E-state index in [-0.39, 0.29) is 0 Å². The van der Waals surface area contributed by atoms with Crippen LogP contribution < -0.4 is 5.73 Å². The van der Waals surface area contributed by atoms with E-state index in [9.17, 15) is 0 Å². The van der Waals surface area contributed by atoms with Crippen LogP contribution in [0.1, 0.15) is 29.3 Å². The second-order valence-electron chi connectivity index (χ2n) is 5.29. The molecular formula is C15H15N5. The predicted octanol–water partition coefficient (Wildman–Crippen LogP) is 2.21. The van der Waals surface area contributed by atoms with Gasteiger partial charge in [-0.25, -0.2) is 15.0 Å². The van der Waals surface area contributed by atoms with Crippen molar-refractivity contribution in [2.45, 2.75) is 25.2 Å². The van der Waals surface area contributed by atoms with Gasteiger partial charge in [-0.2, -0.15) is 0 Å². The maximum atomic E-state index is 5.85. The number of nitrogens with zero attached hydrogens (tertiary/aromatic N) is 3. The van der Waals surface area contributed by atoms with E-state index in [1.165, 1.54) is 17.5 Å². The lowest BCUT2D eigenvalue weighted by molar-refractivity contribution is 0.561. The Labute approximate surface area is 116 Å². The molecule has 0 bridgehead atoms.